The third-order valence-corrected chi connectivity index (χ3v) is 1.54. The van der Waals surface area contributed by atoms with E-state index in [1.54, 1.807) is 0 Å². The molecule has 1 N–H and O–H groups in total. The van der Waals surface area contributed by atoms with E-state index in [9.17, 15) is 8.78 Å². The first kappa shape index (κ1) is 9.06. The van der Waals surface area contributed by atoms with Crippen molar-refractivity contribution in [1.29, 1.82) is 0 Å². The van der Waals surface area contributed by atoms with Gasteiger partial charge in [-0.1, -0.05) is 0 Å². The molecule has 4 heteroatoms. The molecule has 0 aromatic carbocycles. The largest absolute Gasteiger partial charge is 0.396 e. The van der Waals surface area contributed by atoms with Crippen LogP contribution >= 0.6 is 0 Å². The second-order valence-electron chi connectivity index (χ2n) is 2.41. The van der Waals surface area contributed by atoms with Crippen molar-refractivity contribution in [2.24, 2.45) is 0 Å². The fraction of sp³-hybridized carbons (Fsp3) is 0.375. The van der Waals surface area contributed by atoms with Crippen molar-refractivity contribution in [3.8, 4) is 0 Å². The number of aromatic nitrogens is 1. The predicted molar refractivity (Wildman–Crippen MR) is 39.6 cm³/mol. The average Bonchev–Trinajstić information content (AvgIpc) is 2.04. The summed E-state index contributed by atoms with van der Waals surface area (Å²) in [6, 6.07) is 0. The van der Waals surface area contributed by atoms with E-state index in [1.807, 2.05) is 0 Å². The van der Waals surface area contributed by atoms with E-state index < -0.39 is 11.6 Å². The number of rotatable bonds is 3. The van der Waals surface area contributed by atoms with E-state index in [1.165, 1.54) is 0 Å². The number of nitrogens with zero attached hydrogens (tertiary/aromatic N) is 1. The zero-order valence-corrected chi connectivity index (χ0v) is 6.43. The minimum absolute atomic E-state index is 0.000880. The maximum atomic E-state index is 12.8. The van der Waals surface area contributed by atoms with E-state index in [4.69, 9.17) is 5.11 Å². The minimum atomic E-state index is -0.650. The van der Waals surface area contributed by atoms with Crippen molar-refractivity contribution in [3.05, 3.63) is 29.6 Å². The summed E-state index contributed by atoms with van der Waals surface area (Å²) in [6.07, 6.45) is 2.50. The summed E-state index contributed by atoms with van der Waals surface area (Å²) in [6.45, 7) is -0.0683. The maximum Gasteiger partial charge on any atom is 0.147 e. The molecule has 0 aliphatic carbocycles. The lowest BCUT2D eigenvalue weighted by molar-refractivity contribution is 0.287. The first-order valence-corrected chi connectivity index (χ1v) is 3.64. The molecule has 0 amide bonds. The summed E-state index contributed by atoms with van der Waals surface area (Å²) in [4.78, 5) is 3.34. The average molecular weight is 173 g/mol. The van der Waals surface area contributed by atoms with E-state index in [-0.39, 0.29) is 18.6 Å². The molecular weight excluding hydrogens is 164 g/mol. The molecule has 1 aromatic heterocycles. The Bertz CT molecular complexity index is 245. The van der Waals surface area contributed by atoms with Crippen LogP contribution in [0.15, 0.2) is 12.4 Å². The first-order chi connectivity index (χ1) is 5.75. The molecule has 0 atom stereocenters. The summed E-state index contributed by atoms with van der Waals surface area (Å²) in [7, 11) is 0. The van der Waals surface area contributed by atoms with Gasteiger partial charge in [0, 0.05) is 12.2 Å². The highest BCUT2D eigenvalue weighted by Gasteiger charge is 2.07. The van der Waals surface area contributed by atoms with Crippen LogP contribution < -0.4 is 0 Å². The molecule has 12 heavy (non-hydrogen) atoms. The fourth-order valence-corrected chi connectivity index (χ4v) is 0.933. The van der Waals surface area contributed by atoms with Gasteiger partial charge >= 0.3 is 0 Å². The van der Waals surface area contributed by atoms with Gasteiger partial charge in [0.05, 0.1) is 12.4 Å². The lowest BCUT2D eigenvalue weighted by atomic mass is 10.1. The molecule has 0 saturated carbocycles. The first-order valence-electron chi connectivity index (χ1n) is 3.64. The Morgan fingerprint density at radius 2 is 1.83 bits per heavy atom. The van der Waals surface area contributed by atoms with Crippen molar-refractivity contribution in [3.63, 3.8) is 0 Å². The van der Waals surface area contributed by atoms with Crippen LogP contribution in [0, 0.1) is 11.6 Å². The number of hydrogen-bond acceptors (Lipinski definition) is 2. The van der Waals surface area contributed by atoms with Gasteiger partial charge in [0.1, 0.15) is 11.6 Å². The highest BCUT2D eigenvalue weighted by atomic mass is 19.1. The second-order valence-corrected chi connectivity index (χ2v) is 2.41. The quantitative estimate of drug-likeness (QED) is 0.747. The van der Waals surface area contributed by atoms with Crippen molar-refractivity contribution >= 4 is 0 Å². The number of hydrogen-bond donors (Lipinski definition) is 1. The second kappa shape index (κ2) is 4.11. The van der Waals surface area contributed by atoms with Gasteiger partial charge in [0.25, 0.3) is 0 Å². The number of pyridine rings is 1. The zero-order chi connectivity index (χ0) is 8.97. The van der Waals surface area contributed by atoms with Crippen LogP contribution in [-0.2, 0) is 6.42 Å². The van der Waals surface area contributed by atoms with Crippen LogP contribution in [0.5, 0.6) is 0 Å². The van der Waals surface area contributed by atoms with Crippen LogP contribution in [0.3, 0.4) is 0 Å². The highest BCUT2D eigenvalue weighted by Crippen LogP contribution is 2.11. The molecule has 0 aliphatic rings. The summed E-state index contributed by atoms with van der Waals surface area (Å²) in [5.74, 6) is -1.30. The molecule has 0 spiro atoms. The van der Waals surface area contributed by atoms with Crippen LogP contribution in [0.2, 0.25) is 0 Å². The number of aliphatic hydroxyl groups is 1. The topological polar surface area (TPSA) is 33.1 Å². The molecule has 1 rings (SSSR count). The van der Waals surface area contributed by atoms with E-state index >= 15 is 0 Å². The Hall–Kier alpha value is -1.03. The molecule has 0 unspecified atom stereocenters. The van der Waals surface area contributed by atoms with Gasteiger partial charge < -0.3 is 5.11 Å². The summed E-state index contributed by atoms with van der Waals surface area (Å²) >= 11 is 0. The van der Waals surface area contributed by atoms with Gasteiger partial charge in [-0.25, -0.2) is 8.78 Å². The normalized spacial score (nSPS) is 10.2. The monoisotopic (exact) mass is 173 g/mol. The van der Waals surface area contributed by atoms with Crippen LogP contribution in [0.1, 0.15) is 12.0 Å². The molecule has 0 saturated heterocycles. The van der Waals surface area contributed by atoms with Crippen molar-refractivity contribution in [2.75, 3.05) is 6.61 Å². The Balaban J connectivity index is 2.81. The van der Waals surface area contributed by atoms with Crippen LogP contribution in [-0.4, -0.2) is 16.7 Å². The molecule has 1 aromatic rings. The third kappa shape index (κ3) is 1.98. The number of aliphatic hydroxyl groups excluding tert-OH is 1. The van der Waals surface area contributed by atoms with Crippen molar-refractivity contribution in [2.45, 2.75) is 12.8 Å². The van der Waals surface area contributed by atoms with E-state index in [0.29, 0.717) is 6.42 Å². The van der Waals surface area contributed by atoms with Gasteiger partial charge in [-0.15, -0.1) is 0 Å². The van der Waals surface area contributed by atoms with E-state index in [0.717, 1.165) is 12.4 Å². The Morgan fingerprint density at radius 3 is 2.33 bits per heavy atom. The molecule has 0 radical (unpaired) electrons. The summed E-state index contributed by atoms with van der Waals surface area (Å²) < 4.78 is 25.6. The van der Waals surface area contributed by atoms with Gasteiger partial charge in [0.2, 0.25) is 0 Å². The lowest BCUT2D eigenvalue weighted by Gasteiger charge is -2.01. The smallest absolute Gasteiger partial charge is 0.147 e. The van der Waals surface area contributed by atoms with Gasteiger partial charge in [-0.2, -0.15) is 0 Å². The molecule has 0 bridgehead atoms. The highest BCUT2D eigenvalue weighted by molar-refractivity contribution is 5.14. The van der Waals surface area contributed by atoms with Crippen molar-refractivity contribution < 1.29 is 13.9 Å². The maximum absolute atomic E-state index is 12.8. The van der Waals surface area contributed by atoms with E-state index in [2.05, 4.69) is 4.98 Å². The Labute approximate surface area is 68.9 Å². The molecular formula is C8H9F2NO. The standard InChI is InChI=1S/C8H9F2NO/c9-7-4-11-5-8(10)6(7)2-1-3-12/h4-5,12H,1-3H2. The van der Waals surface area contributed by atoms with Gasteiger partial charge in [0.15, 0.2) is 0 Å². The van der Waals surface area contributed by atoms with Gasteiger partial charge in [-0.3, -0.25) is 4.98 Å². The third-order valence-electron chi connectivity index (χ3n) is 1.54. The SMILES string of the molecule is OCCCc1c(F)cncc1F. The molecule has 0 fully saturated rings. The van der Waals surface area contributed by atoms with Gasteiger partial charge in [-0.05, 0) is 12.8 Å². The molecule has 1 heterocycles. The molecule has 2 nitrogen and oxygen atoms in total. The zero-order valence-electron chi connectivity index (χ0n) is 6.43. The summed E-state index contributed by atoms with van der Waals surface area (Å²) in [5.41, 5.74) is -0.000880. The Kier molecular flexibility index (Phi) is 3.10. The minimum Gasteiger partial charge on any atom is -0.396 e. The fourth-order valence-electron chi connectivity index (χ4n) is 0.933. The Morgan fingerprint density at radius 1 is 1.25 bits per heavy atom. The summed E-state index contributed by atoms with van der Waals surface area (Å²) in [5, 5.41) is 8.45. The number of halogens is 2. The predicted octanol–water partition coefficient (Wildman–Crippen LogP) is 1.28. The van der Waals surface area contributed by atoms with Crippen LogP contribution in [0.4, 0.5) is 8.78 Å². The molecule has 0 aliphatic heterocycles. The van der Waals surface area contributed by atoms with Crippen molar-refractivity contribution in [1.82, 2.24) is 4.98 Å². The molecule has 66 valence electrons. The van der Waals surface area contributed by atoms with Crippen LogP contribution in [0.25, 0.3) is 0 Å². The lowest BCUT2D eigenvalue weighted by Crippen LogP contribution is -1.98.